The molecule has 0 saturated heterocycles. The van der Waals surface area contributed by atoms with Gasteiger partial charge in [-0.3, -0.25) is 0 Å². The lowest BCUT2D eigenvalue weighted by Gasteiger charge is -2.02. The Balaban J connectivity index is 2.63. The fraction of sp³-hybridized carbons (Fsp3) is 0.222. The highest BCUT2D eigenvalue weighted by atomic mass is 35.5. The van der Waals surface area contributed by atoms with Crippen molar-refractivity contribution in [2.45, 2.75) is 0 Å². The van der Waals surface area contributed by atoms with Crippen molar-refractivity contribution in [1.82, 2.24) is 0 Å². The van der Waals surface area contributed by atoms with E-state index in [9.17, 15) is 4.79 Å². The van der Waals surface area contributed by atoms with Crippen LogP contribution in [0.3, 0.4) is 0 Å². The van der Waals surface area contributed by atoms with Gasteiger partial charge in [0.25, 0.3) is 0 Å². The van der Waals surface area contributed by atoms with Crippen molar-refractivity contribution in [2.24, 2.45) is 4.99 Å². The second-order valence-corrected chi connectivity index (χ2v) is 2.61. The minimum absolute atomic E-state index is 0.453. The smallest absolute Gasteiger partial charge is 0.240 e. The van der Waals surface area contributed by atoms with Gasteiger partial charge in [-0.15, -0.1) is 11.6 Å². The fourth-order valence-electron chi connectivity index (χ4n) is 0.826. The van der Waals surface area contributed by atoms with Crippen LogP contribution in [0.5, 0.6) is 5.75 Å². The number of alkyl halides is 1. The third-order valence-corrected chi connectivity index (χ3v) is 1.51. The van der Waals surface area contributed by atoms with Gasteiger partial charge < -0.3 is 4.74 Å². The van der Waals surface area contributed by atoms with Crippen molar-refractivity contribution in [3.63, 3.8) is 0 Å². The van der Waals surface area contributed by atoms with Crippen LogP contribution in [0.4, 0.5) is 5.69 Å². The number of benzene rings is 1. The highest BCUT2D eigenvalue weighted by molar-refractivity contribution is 6.17. The van der Waals surface area contributed by atoms with Crippen molar-refractivity contribution >= 4 is 23.4 Å². The maximum Gasteiger partial charge on any atom is 0.240 e. The van der Waals surface area contributed by atoms with Gasteiger partial charge in [0.1, 0.15) is 12.4 Å². The lowest BCUT2D eigenvalue weighted by molar-refractivity contribution is 0.343. The molecule has 0 radical (unpaired) electrons. The second kappa shape index (κ2) is 5.36. The highest BCUT2D eigenvalue weighted by Crippen LogP contribution is 2.17. The molecule has 0 aliphatic rings. The molecule has 68 valence electrons. The van der Waals surface area contributed by atoms with Gasteiger partial charge in [0, 0.05) is 0 Å². The number of carbonyl (C=O) groups excluding carboxylic acids is 1. The first-order valence-corrected chi connectivity index (χ1v) is 4.27. The van der Waals surface area contributed by atoms with Crippen molar-refractivity contribution in [3.05, 3.63) is 24.3 Å². The molecule has 13 heavy (non-hydrogen) atoms. The van der Waals surface area contributed by atoms with E-state index in [-0.39, 0.29) is 0 Å². The number of aliphatic imine (C=N–C) groups is 1. The molecule has 0 aromatic heterocycles. The first-order chi connectivity index (χ1) is 6.36. The van der Waals surface area contributed by atoms with E-state index < -0.39 is 0 Å². The summed E-state index contributed by atoms with van der Waals surface area (Å²) >= 11 is 5.44. The Bertz CT molecular complexity index is 304. The lowest BCUT2D eigenvalue weighted by Crippen LogP contribution is -1.97. The molecule has 4 heteroatoms. The second-order valence-electron chi connectivity index (χ2n) is 2.23. The summed E-state index contributed by atoms with van der Waals surface area (Å²) in [7, 11) is 0. The number of hydrogen-bond donors (Lipinski definition) is 0. The molecular weight excluding hydrogens is 190 g/mol. The number of nitrogens with zero attached hydrogens (tertiary/aromatic N) is 1. The topological polar surface area (TPSA) is 38.7 Å². The molecule has 1 rings (SSSR count). The standard InChI is InChI=1S/C9H8ClNO2/c10-5-6-13-9-3-1-8(2-4-9)11-7-12/h1-4H,5-6H2. The minimum atomic E-state index is 0.453. The summed E-state index contributed by atoms with van der Waals surface area (Å²) in [5.74, 6) is 1.17. The molecule has 0 N–H and O–H groups in total. The molecule has 0 unspecified atom stereocenters. The Morgan fingerprint density at radius 2 is 2.08 bits per heavy atom. The van der Waals surface area contributed by atoms with Crippen LogP contribution in [0.2, 0.25) is 0 Å². The molecule has 3 nitrogen and oxygen atoms in total. The predicted molar refractivity (Wildman–Crippen MR) is 50.4 cm³/mol. The molecule has 0 aliphatic carbocycles. The number of ether oxygens (including phenoxy) is 1. The summed E-state index contributed by atoms with van der Waals surface area (Å²) in [4.78, 5) is 13.3. The summed E-state index contributed by atoms with van der Waals surface area (Å²) in [6, 6.07) is 6.80. The molecule has 0 fully saturated rings. The maximum absolute atomic E-state index is 9.89. The first kappa shape index (κ1) is 9.78. The third kappa shape index (κ3) is 3.28. The van der Waals surface area contributed by atoms with E-state index in [0.29, 0.717) is 23.9 Å². The van der Waals surface area contributed by atoms with Crippen LogP contribution in [0.1, 0.15) is 0 Å². The zero-order valence-corrected chi connectivity index (χ0v) is 7.62. The van der Waals surface area contributed by atoms with Gasteiger partial charge in [-0.2, -0.15) is 4.99 Å². The van der Waals surface area contributed by atoms with E-state index in [1.807, 2.05) is 0 Å². The highest BCUT2D eigenvalue weighted by Gasteiger charge is 1.92. The van der Waals surface area contributed by atoms with Crippen molar-refractivity contribution in [1.29, 1.82) is 0 Å². The molecule has 1 aromatic rings. The lowest BCUT2D eigenvalue weighted by atomic mass is 10.3. The van der Waals surface area contributed by atoms with E-state index in [0.717, 1.165) is 0 Å². The van der Waals surface area contributed by atoms with Crippen molar-refractivity contribution in [2.75, 3.05) is 12.5 Å². The Hall–Kier alpha value is -1.31. The Morgan fingerprint density at radius 3 is 2.62 bits per heavy atom. The van der Waals surface area contributed by atoms with Crippen LogP contribution < -0.4 is 4.74 Å². The molecular formula is C9H8ClNO2. The summed E-state index contributed by atoms with van der Waals surface area (Å²) in [6.07, 6.45) is 1.46. The zero-order valence-electron chi connectivity index (χ0n) is 6.87. The first-order valence-electron chi connectivity index (χ1n) is 3.73. The quantitative estimate of drug-likeness (QED) is 0.422. The number of rotatable bonds is 4. The molecule has 0 aliphatic heterocycles. The Kier molecular flexibility index (Phi) is 4.03. The van der Waals surface area contributed by atoms with E-state index in [1.165, 1.54) is 6.08 Å². The molecule has 0 spiro atoms. The molecule has 0 saturated carbocycles. The average Bonchev–Trinajstić information content (AvgIpc) is 2.17. The van der Waals surface area contributed by atoms with Gasteiger partial charge in [0.05, 0.1) is 11.6 Å². The Labute approximate surface area is 81.0 Å². The van der Waals surface area contributed by atoms with Crippen LogP contribution in [0.25, 0.3) is 0 Å². The third-order valence-electron chi connectivity index (χ3n) is 1.36. The van der Waals surface area contributed by atoms with E-state index >= 15 is 0 Å². The number of hydrogen-bond acceptors (Lipinski definition) is 3. The predicted octanol–water partition coefficient (Wildman–Crippen LogP) is 2.27. The molecule has 0 atom stereocenters. The summed E-state index contributed by atoms with van der Waals surface area (Å²) in [5, 5.41) is 0. The maximum atomic E-state index is 9.89. The van der Waals surface area contributed by atoms with Gasteiger partial charge in [-0.05, 0) is 24.3 Å². The van der Waals surface area contributed by atoms with Crippen molar-refractivity contribution in [3.8, 4) is 5.75 Å². The van der Waals surface area contributed by atoms with Gasteiger partial charge in [-0.25, -0.2) is 4.79 Å². The molecule has 1 aromatic carbocycles. The van der Waals surface area contributed by atoms with Crippen LogP contribution in [0, 0.1) is 0 Å². The molecule has 0 amide bonds. The van der Waals surface area contributed by atoms with Crippen LogP contribution in [0.15, 0.2) is 29.3 Å². The zero-order chi connectivity index (χ0) is 9.52. The molecule has 0 bridgehead atoms. The monoisotopic (exact) mass is 197 g/mol. The number of halogens is 1. The Morgan fingerprint density at radius 1 is 1.38 bits per heavy atom. The van der Waals surface area contributed by atoms with Crippen LogP contribution in [-0.4, -0.2) is 18.6 Å². The minimum Gasteiger partial charge on any atom is -0.492 e. The van der Waals surface area contributed by atoms with Gasteiger partial charge >= 0.3 is 0 Å². The van der Waals surface area contributed by atoms with E-state index in [4.69, 9.17) is 16.3 Å². The SMILES string of the molecule is O=C=Nc1ccc(OCCCl)cc1. The largest absolute Gasteiger partial charge is 0.492 e. The molecule has 0 heterocycles. The van der Waals surface area contributed by atoms with Crippen LogP contribution >= 0.6 is 11.6 Å². The van der Waals surface area contributed by atoms with Crippen molar-refractivity contribution < 1.29 is 9.53 Å². The summed E-state index contributed by atoms with van der Waals surface area (Å²) < 4.78 is 5.22. The summed E-state index contributed by atoms with van der Waals surface area (Å²) in [6.45, 7) is 0.470. The number of isocyanates is 1. The van der Waals surface area contributed by atoms with E-state index in [1.54, 1.807) is 24.3 Å². The van der Waals surface area contributed by atoms with Gasteiger partial charge in [-0.1, -0.05) is 0 Å². The van der Waals surface area contributed by atoms with Gasteiger partial charge in [0.2, 0.25) is 6.08 Å². The van der Waals surface area contributed by atoms with E-state index in [2.05, 4.69) is 4.99 Å². The van der Waals surface area contributed by atoms with Gasteiger partial charge in [0.15, 0.2) is 0 Å². The normalized spacial score (nSPS) is 9.00. The fourth-order valence-corrected chi connectivity index (χ4v) is 0.903. The summed E-state index contributed by atoms with van der Waals surface area (Å²) in [5.41, 5.74) is 0.563. The van der Waals surface area contributed by atoms with Crippen LogP contribution in [-0.2, 0) is 4.79 Å². The average molecular weight is 198 g/mol.